The highest BCUT2D eigenvalue weighted by Crippen LogP contribution is 2.27. The van der Waals surface area contributed by atoms with Gasteiger partial charge in [-0.3, -0.25) is 0 Å². The van der Waals surface area contributed by atoms with Crippen LogP contribution in [0.3, 0.4) is 0 Å². The Labute approximate surface area is 189 Å². The topological polar surface area (TPSA) is 138 Å². The number of nitrogens with one attached hydrogen (secondary N) is 3. The molecule has 2 aromatic rings. The summed E-state index contributed by atoms with van der Waals surface area (Å²) in [4.78, 5) is 13.3. The largest absolute Gasteiger partial charge is 0.493 e. The Bertz CT molecular complexity index is 808. The maximum atomic E-state index is 5.52. The number of methoxy groups -OCH3 is 2. The molecule has 11 heteroatoms. The van der Waals surface area contributed by atoms with Gasteiger partial charge in [-0.2, -0.15) is 15.0 Å². The molecule has 0 spiro atoms. The van der Waals surface area contributed by atoms with Crippen molar-refractivity contribution in [1.29, 1.82) is 0 Å². The third-order valence-electron chi connectivity index (χ3n) is 4.12. The summed E-state index contributed by atoms with van der Waals surface area (Å²) in [6.45, 7) is 7.69. The van der Waals surface area contributed by atoms with Crippen molar-refractivity contribution in [1.82, 2.24) is 15.0 Å². The van der Waals surface area contributed by atoms with Crippen LogP contribution in [0.15, 0.2) is 18.2 Å². The lowest BCUT2D eigenvalue weighted by Crippen LogP contribution is -2.18. The molecule has 0 unspecified atom stereocenters. The smallest absolute Gasteiger partial charge is 0.229 e. The molecule has 5 N–H and O–H groups in total. The minimum absolute atomic E-state index is 0.181. The summed E-state index contributed by atoms with van der Waals surface area (Å²) in [6.07, 6.45) is 0. The Morgan fingerprint density at radius 1 is 0.844 bits per heavy atom. The van der Waals surface area contributed by atoms with Crippen LogP contribution in [0.1, 0.15) is 19.4 Å². The molecule has 0 aliphatic heterocycles. The third-order valence-corrected chi connectivity index (χ3v) is 4.12. The Hall–Kier alpha value is -2.89. The van der Waals surface area contributed by atoms with E-state index in [9.17, 15) is 0 Å². The van der Waals surface area contributed by atoms with Crippen molar-refractivity contribution in [2.75, 3.05) is 69.7 Å². The zero-order chi connectivity index (χ0) is 23.2. The zero-order valence-corrected chi connectivity index (χ0v) is 19.3. The Morgan fingerprint density at radius 2 is 1.50 bits per heavy atom. The fourth-order valence-corrected chi connectivity index (χ4v) is 2.67. The molecule has 0 atom stereocenters. The van der Waals surface area contributed by atoms with Crippen LogP contribution in [0.4, 0.5) is 17.8 Å². The molecule has 1 heterocycles. The Balaban J connectivity index is 1.94. The van der Waals surface area contributed by atoms with Crippen LogP contribution in [0.25, 0.3) is 0 Å². The van der Waals surface area contributed by atoms with Gasteiger partial charge in [0.15, 0.2) is 11.5 Å². The highest BCUT2D eigenvalue weighted by atomic mass is 16.5. The molecule has 0 aliphatic rings. The van der Waals surface area contributed by atoms with Gasteiger partial charge in [0.1, 0.15) is 0 Å². The lowest BCUT2D eigenvalue weighted by atomic mass is 10.2. The van der Waals surface area contributed by atoms with Gasteiger partial charge in [0, 0.05) is 25.7 Å². The van der Waals surface area contributed by atoms with Crippen molar-refractivity contribution < 1.29 is 18.9 Å². The molecular weight excluding hydrogens is 414 g/mol. The SMILES string of the molecule is COc1ccc(CNc2nc(NCCOCCOCCN)nc(NC(C)C)n2)cc1OC. The zero-order valence-electron chi connectivity index (χ0n) is 19.3. The predicted molar refractivity (Wildman–Crippen MR) is 125 cm³/mol. The van der Waals surface area contributed by atoms with Crippen LogP contribution in [-0.2, 0) is 16.0 Å². The van der Waals surface area contributed by atoms with Crippen molar-refractivity contribution in [3.05, 3.63) is 23.8 Å². The average molecular weight is 450 g/mol. The Morgan fingerprint density at radius 3 is 2.16 bits per heavy atom. The number of rotatable bonds is 16. The van der Waals surface area contributed by atoms with Crippen LogP contribution >= 0.6 is 0 Å². The molecular formula is C21H35N7O4. The van der Waals surface area contributed by atoms with Gasteiger partial charge in [0.05, 0.1) is 40.6 Å². The monoisotopic (exact) mass is 449 g/mol. The standard InChI is InChI=1S/C21H35N7O4/c1-15(2)25-21-27-19(23-8-10-32-12-11-31-9-7-22)26-20(28-21)24-14-16-5-6-17(29-3)18(13-16)30-4/h5-6,13,15H,7-12,14,22H2,1-4H3,(H3,23,24,25,26,27,28). The van der Waals surface area contributed by atoms with E-state index in [1.54, 1.807) is 14.2 Å². The molecule has 2 rings (SSSR count). The number of anilines is 3. The van der Waals surface area contributed by atoms with E-state index in [1.165, 1.54) is 0 Å². The van der Waals surface area contributed by atoms with Gasteiger partial charge in [-0.15, -0.1) is 0 Å². The molecule has 0 radical (unpaired) electrons. The van der Waals surface area contributed by atoms with Crippen LogP contribution in [-0.4, -0.2) is 74.7 Å². The molecule has 0 aliphatic carbocycles. The van der Waals surface area contributed by atoms with Crippen molar-refractivity contribution in [2.24, 2.45) is 5.73 Å². The van der Waals surface area contributed by atoms with Crippen molar-refractivity contribution in [2.45, 2.75) is 26.4 Å². The number of benzene rings is 1. The van der Waals surface area contributed by atoms with Gasteiger partial charge in [0.25, 0.3) is 0 Å². The first-order valence-electron chi connectivity index (χ1n) is 10.6. The van der Waals surface area contributed by atoms with E-state index >= 15 is 0 Å². The van der Waals surface area contributed by atoms with E-state index in [1.807, 2.05) is 32.0 Å². The number of nitrogens with two attached hydrogens (primary N) is 1. The summed E-state index contributed by atoms with van der Waals surface area (Å²) in [5.41, 5.74) is 6.37. The molecule has 1 aromatic heterocycles. The minimum atomic E-state index is 0.181. The van der Waals surface area contributed by atoms with Gasteiger partial charge in [0.2, 0.25) is 17.8 Å². The van der Waals surface area contributed by atoms with Gasteiger partial charge < -0.3 is 40.6 Å². The lowest BCUT2D eigenvalue weighted by molar-refractivity contribution is 0.0547. The van der Waals surface area contributed by atoms with Crippen molar-refractivity contribution in [3.63, 3.8) is 0 Å². The first-order chi connectivity index (χ1) is 15.5. The molecule has 0 saturated heterocycles. The second-order valence-corrected chi connectivity index (χ2v) is 7.09. The third kappa shape index (κ3) is 9.08. The number of nitrogens with zero attached hydrogens (tertiary/aromatic N) is 3. The summed E-state index contributed by atoms with van der Waals surface area (Å²) in [5, 5.41) is 9.62. The minimum Gasteiger partial charge on any atom is -0.493 e. The van der Waals surface area contributed by atoms with E-state index in [0.29, 0.717) is 75.4 Å². The quantitative estimate of drug-likeness (QED) is 0.279. The molecule has 0 saturated carbocycles. The van der Waals surface area contributed by atoms with E-state index in [4.69, 9.17) is 24.7 Å². The normalized spacial score (nSPS) is 10.8. The number of hydrogen-bond acceptors (Lipinski definition) is 11. The van der Waals surface area contributed by atoms with E-state index in [-0.39, 0.29) is 6.04 Å². The predicted octanol–water partition coefficient (Wildman–Crippen LogP) is 1.73. The molecule has 32 heavy (non-hydrogen) atoms. The fraction of sp³-hybridized carbons (Fsp3) is 0.571. The second kappa shape index (κ2) is 14.2. The summed E-state index contributed by atoms with van der Waals surface area (Å²) in [5.74, 6) is 2.75. The molecule has 11 nitrogen and oxygen atoms in total. The molecule has 1 aromatic carbocycles. The summed E-state index contributed by atoms with van der Waals surface area (Å²) in [6, 6.07) is 5.91. The Kier molecular flexibility index (Phi) is 11.3. The average Bonchev–Trinajstić information content (AvgIpc) is 2.78. The maximum absolute atomic E-state index is 5.52. The van der Waals surface area contributed by atoms with E-state index in [0.717, 1.165) is 5.56 Å². The van der Waals surface area contributed by atoms with Gasteiger partial charge in [-0.1, -0.05) is 6.07 Å². The summed E-state index contributed by atoms with van der Waals surface area (Å²) < 4.78 is 21.4. The first kappa shape index (κ1) is 25.4. The van der Waals surface area contributed by atoms with Crippen LogP contribution < -0.4 is 31.2 Å². The number of ether oxygens (including phenoxy) is 4. The highest BCUT2D eigenvalue weighted by molar-refractivity contribution is 5.45. The second-order valence-electron chi connectivity index (χ2n) is 7.09. The summed E-state index contributed by atoms with van der Waals surface area (Å²) >= 11 is 0. The molecule has 0 fully saturated rings. The van der Waals surface area contributed by atoms with E-state index in [2.05, 4.69) is 30.9 Å². The molecule has 0 bridgehead atoms. The van der Waals surface area contributed by atoms with E-state index < -0.39 is 0 Å². The highest BCUT2D eigenvalue weighted by Gasteiger charge is 2.09. The first-order valence-corrected chi connectivity index (χ1v) is 10.6. The van der Waals surface area contributed by atoms with Crippen LogP contribution in [0.5, 0.6) is 11.5 Å². The van der Waals surface area contributed by atoms with Crippen LogP contribution in [0.2, 0.25) is 0 Å². The molecule has 178 valence electrons. The fourth-order valence-electron chi connectivity index (χ4n) is 2.67. The maximum Gasteiger partial charge on any atom is 0.229 e. The molecule has 0 amide bonds. The van der Waals surface area contributed by atoms with Gasteiger partial charge >= 0.3 is 0 Å². The van der Waals surface area contributed by atoms with Crippen LogP contribution in [0, 0.1) is 0 Å². The van der Waals surface area contributed by atoms with Crippen molar-refractivity contribution in [3.8, 4) is 11.5 Å². The number of hydrogen-bond donors (Lipinski definition) is 4. The summed E-state index contributed by atoms with van der Waals surface area (Å²) in [7, 11) is 3.22. The van der Waals surface area contributed by atoms with Gasteiger partial charge in [-0.25, -0.2) is 0 Å². The lowest BCUT2D eigenvalue weighted by Gasteiger charge is -2.14. The number of aromatic nitrogens is 3. The van der Waals surface area contributed by atoms with Gasteiger partial charge in [-0.05, 0) is 31.5 Å². The van der Waals surface area contributed by atoms with Crippen molar-refractivity contribution >= 4 is 17.8 Å².